The Balaban J connectivity index is 2.61. The lowest BCUT2D eigenvalue weighted by Gasteiger charge is -2.28. The number of hydrogen-bond acceptors (Lipinski definition) is 4. The topological polar surface area (TPSA) is 75.0 Å². The summed E-state index contributed by atoms with van der Waals surface area (Å²) in [5.74, 6) is 0.0544. The molecular weight excluding hydrogens is 226 g/mol. The van der Waals surface area contributed by atoms with Crippen molar-refractivity contribution < 1.29 is 13.2 Å². The predicted molar refractivity (Wildman–Crippen MR) is 60.5 cm³/mol. The van der Waals surface area contributed by atoms with E-state index in [9.17, 15) is 13.2 Å². The Morgan fingerprint density at radius 3 is 2.62 bits per heavy atom. The molecule has 0 aromatic carbocycles. The number of Topliss-reactive ketones (excluding diaryl/α,β-unsaturated/α-hetero) is 1. The molecule has 1 aliphatic carbocycles. The number of carbonyl (C=O) groups is 1. The van der Waals surface area contributed by atoms with Crippen molar-refractivity contribution in [2.75, 3.05) is 12.0 Å². The maximum atomic E-state index is 11.7. The Morgan fingerprint density at radius 1 is 1.44 bits per heavy atom. The van der Waals surface area contributed by atoms with Gasteiger partial charge in [0.1, 0.15) is 15.3 Å². The molecule has 1 saturated carbocycles. The van der Waals surface area contributed by atoms with Gasteiger partial charge in [0, 0.05) is 18.4 Å². The van der Waals surface area contributed by atoms with Crippen LogP contribution in [0.4, 0.5) is 0 Å². The zero-order valence-corrected chi connectivity index (χ0v) is 10.3. The Morgan fingerprint density at radius 2 is 2.12 bits per heavy atom. The highest BCUT2D eigenvalue weighted by molar-refractivity contribution is 7.90. The van der Waals surface area contributed by atoms with Crippen molar-refractivity contribution in [1.29, 1.82) is 5.26 Å². The normalized spacial score (nSPS) is 26.4. The SMILES string of the molecule is CS(=O)(=O)CCCC1(C#N)CCCCC1=O. The van der Waals surface area contributed by atoms with Crippen LogP contribution in [0.3, 0.4) is 0 Å². The number of nitrogens with zero attached hydrogens (tertiary/aromatic N) is 1. The summed E-state index contributed by atoms with van der Waals surface area (Å²) in [6, 6.07) is 2.11. The van der Waals surface area contributed by atoms with E-state index in [2.05, 4.69) is 6.07 Å². The first-order valence-corrected chi connectivity index (χ1v) is 7.58. The van der Waals surface area contributed by atoms with Crippen molar-refractivity contribution in [3.8, 4) is 6.07 Å². The minimum absolute atomic E-state index is 0.00486. The molecule has 16 heavy (non-hydrogen) atoms. The number of rotatable bonds is 4. The van der Waals surface area contributed by atoms with Crippen molar-refractivity contribution in [2.45, 2.75) is 38.5 Å². The maximum Gasteiger partial charge on any atom is 0.153 e. The molecule has 0 heterocycles. The quantitative estimate of drug-likeness (QED) is 0.749. The molecule has 5 heteroatoms. The van der Waals surface area contributed by atoms with Gasteiger partial charge in [-0.15, -0.1) is 0 Å². The molecule has 0 aromatic rings. The van der Waals surface area contributed by atoms with Crippen LogP contribution in [-0.4, -0.2) is 26.2 Å². The Bertz CT molecular complexity index is 407. The van der Waals surface area contributed by atoms with Crippen LogP contribution in [0.15, 0.2) is 0 Å². The second kappa shape index (κ2) is 4.96. The van der Waals surface area contributed by atoms with Crippen molar-refractivity contribution in [2.24, 2.45) is 5.41 Å². The molecule has 0 aliphatic heterocycles. The summed E-state index contributed by atoms with van der Waals surface area (Å²) in [5, 5.41) is 9.12. The van der Waals surface area contributed by atoms with Gasteiger partial charge >= 0.3 is 0 Å². The molecule has 0 bridgehead atoms. The number of nitriles is 1. The first kappa shape index (κ1) is 13.2. The van der Waals surface area contributed by atoms with Crippen LogP contribution in [-0.2, 0) is 14.6 Å². The summed E-state index contributed by atoms with van der Waals surface area (Å²) < 4.78 is 22.0. The van der Waals surface area contributed by atoms with E-state index in [1.54, 1.807) is 0 Å². The van der Waals surface area contributed by atoms with Gasteiger partial charge in [-0.25, -0.2) is 8.42 Å². The van der Waals surface area contributed by atoms with Gasteiger partial charge in [0.25, 0.3) is 0 Å². The van der Waals surface area contributed by atoms with Gasteiger partial charge in [-0.1, -0.05) is 6.42 Å². The van der Waals surface area contributed by atoms with E-state index < -0.39 is 15.3 Å². The lowest BCUT2D eigenvalue weighted by Crippen LogP contribution is -2.33. The lowest BCUT2D eigenvalue weighted by atomic mass is 9.71. The van der Waals surface area contributed by atoms with Crippen LogP contribution < -0.4 is 0 Å². The molecule has 1 fully saturated rings. The summed E-state index contributed by atoms with van der Waals surface area (Å²) in [7, 11) is -3.00. The molecule has 4 nitrogen and oxygen atoms in total. The number of carbonyl (C=O) groups excluding carboxylic acids is 1. The van der Waals surface area contributed by atoms with Crippen LogP contribution >= 0.6 is 0 Å². The second-order valence-corrected chi connectivity index (χ2v) is 6.82. The Hall–Kier alpha value is -0.890. The molecule has 0 saturated heterocycles. The molecule has 90 valence electrons. The summed E-state index contributed by atoms with van der Waals surface area (Å²) >= 11 is 0. The summed E-state index contributed by atoms with van der Waals surface area (Å²) in [5.41, 5.74) is -0.900. The van der Waals surface area contributed by atoms with E-state index >= 15 is 0 Å². The van der Waals surface area contributed by atoms with Gasteiger partial charge in [0.2, 0.25) is 0 Å². The number of hydrogen-bond donors (Lipinski definition) is 0. The van der Waals surface area contributed by atoms with Gasteiger partial charge in [-0.05, 0) is 25.7 Å². The average Bonchev–Trinajstić information content (AvgIpc) is 2.19. The molecule has 0 N–H and O–H groups in total. The van der Waals surface area contributed by atoms with Gasteiger partial charge in [-0.3, -0.25) is 4.79 Å². The molecular formula is C11H17NO3S. The first-order valence-electron chi connectivity index (χ1n) is 5.52. The zero-order valence-electron chi connectivity index (χ0n) is 9.53. The van der Waals surface area contributed by atoms with Crippen molar-refractivity contribution in [1.82, 2.24) is 0 Å². The van der Waals surface area contributed by atoms with Crippen LogP contribution in [0.5, 0.6) is 0 Å². The molecule has 0 aromatic heterocycles. The van der Waals surface area contributed by atoms with Crippen molar-refractivity contribution in [3.05, 3.63) is 0 Å². The third kappa shape index (κ3) is 3.31. The van der Waals surface area contributed by atoms with E-state index in [0.29, 0.717) is 25.7 Å². The molecule has 1 aliphatic rings. The zero-order chi connectivity index (χ0) is 12.2. The van der Waals surface area contributed by atoms with Crippen LogP contribution in [0.2, 0.25) is 0 Å². The third-order valence-electron chi connectivity index (χ3n) is 3.12. The summed E-state index contributed by atoms with van der Waals surface area (Å²) in [4.78, 5) is 11.7. The van der Waals surface area contributed by atoms with Crippen LogP contribution in [0, 0.1) is 16.7 Å². The van der Waals surface area contributed by atoms with E-state index in [1.165, 1.54) is 6.26 Å². The van der Waals surface area contributed by atoms with E-state index in [0.717, 1.165) is 12.8 Å². The number of ketones is 1. The predicted octanol–water partition coefficient (Wildman–Crippen LogP) is 1.46. The second-order valence-electron chi connectivity index (χ2n) is 4.56. The molecule has 1 unspecified atom stereocenters. The minimum Gasteiger partial charge on any atom is -0.298 e. The van der Waals surface area contributed by atoms with Gasteiger partial charge in [0.15, 0.2) is 5.78 Å². The highest BCUT2D eigenvalue weighted by Gasteiger charge is 2.39. The monoisotopic (exact) mass is 243 g/mol. The standard InChI is InChI=1S/C11H17NO3S/c1-16(14,15)8-4-7-11(9-12)6-3-2-5-10(11)13/h2-8H2,1H3. The molecule has 0 amide bonds. The molecule has 1 rings (SSSR count). The minimum atomic E-state index is -3.00. The first-order chi connectivity index (χ1) is 7.40. The van der Waals surface area contributed by atoms with Gasteiger partial charge in [0.05, 0.1) is 6.07 Å². The smallest absolute Gasteiger partial charge is 0.153 e. The lowest BCUT2D eigenvalue weighted by molar-refractivity contribution is -0.128. The van der Waals surface area contributed by atoms with E-state index in [4.69, 9.17) is 5.26 Å². The third-order valence-corrected chi connectivity index (χ3v) is 4.15. The van der Waals surface area contributed by atoms with Crippen LogP contribution in [0.1, 0.15) is 38.5 Å². The Labute approximate surface area is 96.6 Å². The number of sulfone groups is 1. The van der Waals surface area contributed by atoms with Gasteiger partial charge in [-0.2, -0.15) is 5.26 Å². The van der Waals surface area contributed by atoms with E-state index in [1.807, 2.05) is 0 Å². The van der Waals surface area contributed by atoms with Crippen LogP contribution in [0.25, 0.3) is 0 Å². The molecule has 1 atom stereocenters. The Kier molecular flexibility index (Phi) is 4.09. The fourth-order valence-corrected chi connectivity index (χ4v) is 2.83. The highest BCUT2D eigenvalue weighted by Crippen LogP contribution is 2.36. The highest BCUT2D eigenvalue weighted by atomic mass is 32.2. The summed E-state index contributed by atoms with van der Waals surface area (Å²) in [6.45, 7) is 0. The van der Waals surface area contributed by atoms with Gasteiger partial charge < -0.3 is 0 Å². The fraction of sp³-hybridized carbons (Fsp3) is 0.818. The summed E-state index contributed by atoms with van der Waals surface area (Å²) in [6.07, 6.45) is 4.76. The van der Waals surface area contributed by atoms with Crippen molar-refractivity contribution >= 4 is 15.6 Å². The maximum absolute atomic E-state index is 11.7. The molecule has 0 radical (unpaired) electrons. The average molecular weight is 243 g/mol. The van der Waals surface area contributed by atoms with E-state index in [-0.39, 0.29) is 11.5 Å². The fourth-order valence-electron chi connectivity index (χ4n) is 2.17. The van der Waals surface area contributed by atoms with Crippen molar-refractivity contribution in [3.63, 3.8) is 0 Å². The molecule has 0 spiro atoms. The largest absolute Gasteiger partial charge is 0.298 e.